The van der Waals surface area contributed by atoms with Crippen LogP contribution in [0.25, 0.3) is 0 Å². The molecule has 104 valence electrons. The summed E-state index contributed by atoms with van der Waals surface area (Å²) in [6.07, 6.45) is -0.585. The summed E-state index contributed by atoms with van der Waals surface area (Å²) in [6.45, 7) is 5.54. The van der Waals surface area contributed by atoms with Crippen molar-refractivity contribution in [2.45, 2.75) is 26.9 Å². The monoisotopic (exact) mass is 270 g/mol. The number of nitrogens with zero attached hydrogens (tertiary/aromatic N) is 1. The molecule has 0 saturated heterocycles. The number of rotatable bonds is 4. The fourth-order valence-corrected chi connectivity index (χ4v) is 1.77. The van der Waals surface area contributed by atoms with Gasteiger partial charge < -0.3 is 10.1 Å². The van der Waals surface area contributed by atoms with Crippen molar-refractivity contribution >= 4 is 11.7 Å². The van der Waals surface area contributed by atoms with E-state index in [4.69, 9.17) is 4.74 Å². The van der Waals surface area contributed by atoms with Crippen LogP contribution in [0.15, 0.2) is 42.5 Å². The van der Waals surface area contributed by atoms with Gasteiger partial charge in [-0.1, -0.05) is 24.3 Å². The topological polar surface area (TPSA) is 51.2 Å². The summed E-state index contributed by atoms with van der Waals surface area (Å²) >= 11 is 0. The Labute approximate surface area is 118 Å². The van der Waals surface area contributed by atoms with Crippen molar-refractivity contribution in [2.75, 3.05) is 5.32 Å². The molecule has 2 rings (SSSR count). The van der Waals surface area contributed by atoms with Gasteiger partial charge in [0.15, 0.2) is 6.10 Å². The van der Waals surface area contributed by atoms with E-state index in [2.05, 4.69) is 10.3 Å². The molecule has 0 aliphatic heterocycles. The van der Waals surface area contributed by atoms with Crippen molar-refractivity contribution in [3.63, 3.8) is 0 Å². The second kappa shape index (κ2) is 6.19. The van der Waals surface area contributed by atoms with E-state index >= 15 is 0 Å². The van der Waals surface area contributed by atoms with Gasteiger partial charge in [-0.05, 0) is 44.5 Å². The molecule has 1 amide bonds. The van der Waals surface area contributed by atoms with E-state index in [1.54, 1.807) is 13.0 Å². The molecule has 1 aromatic heterocycles. The summed E-state index contributed by atoms with van der Waals surface area (Å²) in [5, 5.41) is 2.75. The molecule has 1 aromatic carbocycles. The zero-order chi connectivity index (χ0) is 14.5. The van der Waals surface area contributed by atoms with Gasteiger partial charge in [-0.3, -0.25) is 4.79 Å². The van der Waals surface area contributed by atoms with E-state index in [0.717, 1.165) is 11.3 Å². The summed E-state index contributed by atoms with van der Waals surface area (Å²) in [7, 11) is 0. The number of benzene rings is 1. The van der Waals surface area contributed by atoms with E-state index in [1.807, 2.05) is 50.2 Å². The lowest BCUT2D eigenvalue weighted by molar-refractivity contribution is -0.122. The SMILES string of the molecule is Cc1cccc(NC(=O)[C@H](C)Oc2ccccc2C)n1. The number of hydrogen-bond acceptors (Lipinski definition) is 3. The van der Waals surface area contributed by atoms with Crippen molar-refractivity contribution < 1.29 is 9.53 Å². The molecule has 0 unspecified atom stereocenters. The van der Waals surface area contributed by atoms with Crippen LogP contribution in [0.1, 0.15) is 18.2 Å². The normalized spacial score (nSPS) is 11.8. The van der Waals surface area contributed by atoms with Crippen molar-refractivity contribution in [1.29, 1.82) is 0 Å². The van der Waals surface area contributed by atoms with Gasteiger partial charge >= 0.3 is 0 Å². The maximum absolute atomic E-state index is 12.1. The van der Waals surface area contributed by atoms with Crippen molar-refractivity contribution in [3.8, 4) is 5.75 Å². The number of anilines is 1. The van der Waals surface area contributed by atoms with E-state index in [-0.39, 0.29) is 5.91 Å². The summed E-state index contributed by atoms with van der Waals surface area (Å²) < 4.78 is 5.67. The first-order valence-corrected chi connectivity index (χ1v) is 6.53. The highest BCUT2D eigenvalue weighted by Gasteiger charge is 2.16. The maximum atomic E-state index is 12.1. The highest BCUT2D eigenvalue weighted by molar-refractivity contribution is 5.93. The Morgan fingerprint density at radius 1 is 1.15 bits per heavy atom. The predicted octanol–water partition coefficient (Wildman–Crippen LogP) is 3.10. The Balaban J connectivity index is 2.01. The molecule has 0 fully saturated rings. The Morgan fingerprint density at radius 2 is 1.90 bits per heavy atom. The zero-order valence-corrected chi connectivity index (χ0v) is 11.9. The Morgan fingerprint density at radius 3 is 2.60 bits per heavy atom. The molecular formula is C16H18N2O2. The third-order valence-electron chi connectivity index (χ3n) is 2.91. The smallest absolute Gasteiger partial charge is 0.266 e. The molecule has 0 bridgehead atoms. The summed E-state index contributed by atoms with van der Waals surface area (Å²) in [5.41, 5.74) is 1.86. The number of ether oxygens (including phenoxy) is 1. The molecule has 4 nitrogen and oxygen atoms in total. The number of para-hydroxylation sites is 1. The first-order chi connectivity index (χ1) is 9.56. The minimum atomic E-state index is -0.585. The molecule has 0 radical (unpaired) electrons. The van der Waals surface area contributed by atoms with Crippen LogP contribution in [-0.2, 0) is 4.79 Å². The number of carbonyl (C=O) groups is 1. The second-order valence-corrected chi connectivity index (χ2v) is 4.68. The summed E-state index contributed by atoms with van der Waals surface area (Å²) in [5.74, 6) is 1.04. The van der Waals surface area contributed by atoms with Crippen LogP contribution in [0.2, 0.25) is 0 Å². The van der Waals surface area contributed by atoms with Gasteiger partial charge in [-0.25, -0.2) is 4.98 Å². The van der Waals surface area contributed by atoms with Gasteiger partial charge in [-0.2, -0.15) is 0 Å². The van der Waals surface area contributed by atoms with Crippen LogP contribution in [0, 0.1) is 13.8 Å². The zero-order valence-electron chi connectivity index (χ0n) is 11.9. The van der Waals surface area contributed by atoms with E-state index in [9.17, 15) is 4.79 Å². The van der Waals surface area contributed by atoms with Gasteiger partial charge in [0, 0.05) is 5.69 Å². The van der Waals surface area contributed by atoms with Crippen LogP contribution in [-0.4, -0.2) is 17.0 Å². The fourth-order valence-electron chi connectivity index (χ4n) is 1.77. The molecule has 1 atom stereocenters. The highest BCUT2D eigenvalue weighted by Crippen LogP contribution is 2.18. The number of aryl methyl sites for hydroxylation is 2. The standard InChI is InChI=1S/C16H18N2O2/c1-11-7-4-5-9-14(11)20-13(3)16(19)18-15-10-6-8-12(2)17-15/h4-10,13H,1-3H3,(H,17,18,19)/t13-/m0/s1. The number of nitrogens with one attached hydrogen (secondary N) is 1. The lowest BCUT2D eigenvalue weighted by Crippen LogP contribution is -2.30. The molecule has 1 heterocycles. The van der Waals surface area contributed by atoms with Crippen molar-refractivity contribution in [1.82, 2.24) is 4.98 Å². The largest absolute Gasteiger partial charge is 0.481 e. The first-order valence-electron chi connectivity index (χ1n) is 6.53. The Kier molecular flexibility index (Phi) is 4.35. The average Bonchev–Trinajstić information content (AvgIpc) is 2.41. The summed E-state index contributed by atoms with van der Waals surface area (Å²) in [4.78, 5) is 16.3. The number of amides is 1. The van der Waals surface area contributed by atoms with E-state index in [1.165, 1.54) is 0 Å². The van der Waals surface area contributed by atoms with Crippen LogP contribution < -0.4 is 10.1 Å². The number of aromatic nitrogens is 1. The van der Waals surface area contributed by atoms with Crippen molar-refractivity contribution in [2.24, 2.45) is 0 Å². The third-order valence-corrected chi connectivity index (χ3v) is 2.91. The molecule has 0 aliphatic rings. The molecular weight excluding hydrogens is 252 g/mol. The first kappa shape index (κ1) is 14.1. The van der Waals surface area contributed by atoms with Gasteiger partial charge in [0.1, 0.15) is 11.6 Å². The molecule has 0 aliphatic carbocycles. The average molecular weight is 270 g/mol. The molecule has 4 heteroatoms. The Hall–Kier alpha value is -2.36. The quantitative estimate of drug-likeness (QED) is 0.928. The van der Waals surface area contributed by atoms with Gasteiger partial charge in [0.2, 0.25) is 0 Å². The minimum Gasteiger partial charge on any atom is -0.481 e. The van der Waals surface area contributed by atoms with Gasteiger partial charge in [0.25, 0.3) is 5.91 Å². The predicted molar refractivity (Wildman–Crippen MR) is 78.9 cm³/mol. The summed E-state index contributed by atoms with van der Waals surface area (Å²) in [6, 6.07) is 13.1. The van der Waals surface area contributed by atoms with Crippen LogP contribution in [0.4, 0.5) is 5.82 Å². The molecule has 0 saturated carbocycles. The third kappa shape index (κ3) is 3.57. The number of carbonyl (C=O) groups excluding carboxylic acids is 1. The van der Waals surface area contributed by atoms with Crippen molar-refractivity contribution in [3.05, 3.63) is 53.7 Å². The lowest BCUT2D eigenvalue weighted by atomic mass is 10.2. The molecule has 20 heavy (non-hydrogen) atoms. The van der Waals surface area contributed by atoms with E-state index in [0.29, 0.717) is 11.6 Å². The van der Waals surface area contributed by atoms with E-state index < -0.39 is 6.10 Å². The molecule has 1 N–H and O–H groups in total. The highest BCUT2D eigenvalue weighted by atomic mass is 16.5. The number of hydrogen-bond donors (Lipinski definition) is 1. The van der Waals surface area contributed by atoms with Crippen LogP contribution in [0.3, 0.4) is 0 Å². The maximum Gasteiger partial charge on any atom is 0.266 e. The second-order valence-electron chi connectivity index (χ2n) is 4.68. The van der Waals surface area contributed by atoms with Gasteiger partial charge in [0.05, 0.1) is 0 Å². The fraction of sp³-hybridized carbons (Fsp3) is 0.250. The molecule has 2 aromatic rings. The van der Waals surface area contributed by atoms with Crippen LogP contribution in [0.5, 0.6) is 5.75 Å². The van der Waals surface area contributed by atoms with Crippen LogP contribution >= 0.6 is 0 Å². The lowest BCUT2D eigenvalue weighted by Gasteiger charge is -2.16. The Bertz CT molecular complexity index is 611. The molecule has 0 spiro atoms. The number of pyridine rings is 1. The van der Waals surface area contributed by atoms with Gasteiger partial charge in [-0.15, -0.1) is 0 Å². The minimum absolute atomic E-state index is 0.216.